The van der Waals surface area contributed by atoms with Gasteiger partial charge in [-0.15, -0.1) is 0 Å². The predicted octanol–water partition coefficient (Wildman–Crippen LogP) is 2.97. The van der Waals surface area contributed by atoms with Crippen LogP contribution in [0.4, 0.5) is 5.69 Å². The summed E-state index contributed by atoms with van der Waals surface area (Å²) in [5, 5.41) is 6.24. The van der Waals surface area contributed by atoms with Gasteiger partial charge >= 0.3 is 0 Å². The summed E-state index contributed by atoms with van der Waals surface area (Å²) in [4.78, 5) is 12.3. The molecule has 1 aromatic rings. The minimum absolute atomic E-state index is 0.0349. The van der Waals surface area contributed by atoms with Gasteiger partial charge in [0.2, 0.25) is 0 Å². The van der Waals surface area contributed by atoms with E-state index >= 15 is 0 Å². The molecular weight excluding hydrogens is 264 g/mol. The van der Waals surface area contributed by atoms with Crippen LogP contribution in [-0.4, -0.2) is 32.2 Å². The number of nitrogens with one attached hydrogen (secondary N) is 2. The Kier molecular flexibility index (Phi) is 6.05. The largest absolute Gasteiger partial charge is 0.384 e. The van der Waals surface area contributed by atoms with Crippen molar-refractivity contribution in [1.82, 2.24) is 5.32 Å². The van der Waals surface area contributed by atoms with E-state index in [1.807, 2.05) is 25.1 Å². The molecule has 4 heteroatoms. The molecule has 1 fully saturated rings. The average molecular weight is 290 g/mol. The van der Waals surface area contributed by atoms with Crippen LogP contribution in [0.25, 0.3) is 0 Å². The molecule has 1 aromatic carbocycles. The highest BCUT2D eigenvalue weighted by Gasteiger charge is 2.21. The Labute approximate surface area is 127 Å². The first-order valence-electron chi connectivity index (χ1n) is 7.91. The second kappa shape index (κ2) is 8.03. The van der Waals surface area contributed by atoms with E-state index in [4.69, 9.17) is 4.74 Å². The zero-order chi connectivity index (χ0) is 15.1. The summed E-state index contributed by atoms with van der Waals surface area (Å²) in [6.07, 6.45) is 3.62. The van der Waals surface area contributed by atoms with E-state index in [0.717, 1.165) is 36.7 Å². The Balaban J connectivity index is 1.82. The molecule has 1 amide bonds. The van der Waals surface area contributed by atoms with E-state index in [1.54, 1.807) is 0 Å². The quantitative estimate of drug-likeness (QED) is 0.687. The van der Waals surface area contributed by atoms with Crippen molar-refractivity contribution in [3.63, 3.8) is 0 Å². The van der Waals surface area contributed by atoms with Crippen LogP contribution in [0, 0.1) is 12.8 Å². The van der Waals surface area contributed by atoms with Gasteiger partial charge in [0.25, 0.3) is 5.91 Å². The van der Waals surface area contributed by atoms with Crippen molar-refractivity contribution >= 4 is 11.6 Å². The third kappa shape index (κ3) is 5.38. The lowest BCUT2D eigenvalue weighted by Crippen LogP contribution is -2.28. The number of amides is 1. The fourth-order valence-corrected chi connectivity index (χ4v) is 2.13. The molecule has 4 nitrogen and oxygen atoms in total. The number of hydrogen-bond acceptors (Lipinski definition) is 3. The molecule has 0 aromatic heterocycles. The zero-order valence-corrected chi connectivity index (χ0v) is 13.1. The van der Waals surface area contributed by atoms with Gasteiger partial charge in [-0.2, -0.15) is 0 Å². The molecule has 2 N–H and O–H groups in total. The van der Waals surface area contributed by atoms with E-state index in [1.165, 1.54) is 12.8 Å². The summed E-state index contributed by atoms with van der Waals surface area (Å²) in [6, 6.07) is 5.93. The van der Waals surface area contributed by atoms with Crippen molar-refractivity contribution in [2.24, 2.45) is 5.92 Å². The van der Waals surface area contributed by atoms with Gasteiger partial charge in [0.1, 0.15) is 0 Å². The number of anilines is 1. The highest BCUT2D eigenvalue weighted by atomic mass is 16.5. The Morgan fingerprint density at radius 2 is 2.14 bits per heavy atom. The molecule has 0 bridgehead atoms. The summed E-state index contributed by atoms with van der Waals surface area (Å²) in [6.45, 7) is 6.97. The number of ether oxygens (including phenoxy) is 1. The normalized spacial score (nSPS) is 14.0. The van der Waals surface area contributed by atoms with Crippen molar-refractivity contribution in [2.75, 3.05) is 31.6 Å². The maximum absolute atomic E-state index is 12.3. The van der Waals surface area contributed by atoms with Crippen LogP contribution < -0.4 is 10.6 Å². The number of hydrogen-bond donors (Lipinski definition) is 2. The van der Waals surface area contributed by atoms with Gasteiger partial charge in [-0.3, -0.25) is 4.79 Å². The van der Waals surface area contributed by atoms with E-state index in [-0.39, 0.29) is 5.91 Å². The smallest absolute Gasteiger partial charge is 0.253 e. The van der Waals surface area contributed by atoms with E-state index in [0.29, 0.717) is 18.7 Å². The molecule has 0 saturated heterocycles. The van der Waals surface area contributed by atoms with Crippen molar-refractivity contribution in [3.05, 3.63) is 29.3 Å². The lowest BCUT2D eigenvalue weighted by Gasteiger charge is -2.13. The fourth-order valence-electron chi connectivity index (χ4n) is 2.13. The minimum Gasteiger partial charge on any atom is -0.384 e. The maximum atomic E-state index is 12.3. The standard InChI is InChI=1S/C17H26N2O2/c1-3-8-18-16-7-4-13(2)11-15(16)17(20)19-9-10-21-12-14-5-6-14/h4,7,11,14,18H,3,5-6,8-10,12H2,1-2H3,(H,19,20). The van der Waals surface area contributed by atoms with Crippen LogP contribution in [-0.2, 0) is 4.74 Å². The van der Waals surface area contributed by atoms with E-state index in [2.05, 4.69) is 17.6 Å². The Morgan fingerprint density at radius 3 is 2.86 bits per heavy atom. The van der Waals surface area contributed by atoms with E-state index in [9.17, 15) is 4.79 Å². The molecule has 1 aliphatic carbocycles. The zero-order valence-electron chi connectivity index (χ0n) is 13.1. The first-order valence-corrected chi connectivity index (χ1v) is 7.91. The van der Waals surface area contributed by atoms with Gasteiger partial charge < -0.3 is 15.4 Å². The first kappa shape index (κ1) is 15.8. The second-order valence-corrected chi connectivity index (χ2v) is 5.75. The molecule has 0 atom stereocenters. The Morgan fingerprint density at radius 1 is 1.33 bits per heavy atom. The molecular formula is C17H26N2O2. The molecule has 116 valence electrons. The third-order valence-corrected chi connectivity index (χ3v) is 3.57. The van der Waals surface area contributed by atoms with Gasteiger partial charge in [0.15, 0.2) is 0 Å². The average Bonchev–Trinajstić information content (AvgIpc) is 3.29. The SMILES string of the molecule is CCCNc1ccc(C)cc1C(=O)NCCOCC1CC1. The highest BCUT2D eigenvalue weighted by molar-refractivity contribution is 5.99. The summed E-state index contributed by atoms with van der Waals surface area (Å²) in [5.41, 5.74) is 2.71. The topological polar surface area (TPSA) is 50.4 Å². The van der Waals surface area contributed by atoms with Crippen LogP contribution in [0.2, 0.25) is 0 Å². The fraction of sp³-hybridized carbons (Fsp3) is 0.588. The molecule has 0 radical (unpaired) electrons. The molecule has 0 unspecified atom stereocenters. The summed E-state index contributed by atoms with van der Waals surface area (Å²) in [5.74, 6) is 0.731. The molecule has 1 saturated carbocycles. The van der Waals surface area contributed by atoms with Gasteiger partial charge in [-0.1, -0.05) is 18.6 Å². The Bertz CT molecular complexity index is 470. The summed E-state index contributed by atoms with van der Waals surface area (Å²) >= 11 is 0. The monoisotopic (exact) mass is 290 g/mol. The number of carbonyl (C=O) groups is 1. The summed E-state index contributed by atoms with van der Waals surface area (Å²) < 4.78 is 5.53. The van der Waals surface area contributed by atoms with Gasteiger partial charge in [0, 0.05) is 25.4 Å². The molecule has 0 aliphatic heterocycles. The molecule has 0 spiro atoms. The number of carbonyl (C=O) groups excluding carboxylic acids is 1. The number of aryl methyl sites for hydroxylation is 1. The second-order valence-electron chi connectivity index (χ2n) is 5.75. The third-order valence-electron chi connectivity index (χ3n) is 3.57. The van der Waals surface area contributed by atoms with Crippen LogP contribution in [0.15, 0.2) is 18.2 Å². The highest BCUT2D eigenvalue weighted by Crippen LogP contribution is 2.28. The predicted molar refractivity (Wildman–Crippen MR) is 85.8 cm³/mol. The van der Waals surface area contributed by atoms with Gasteiger partial charge in [-0.05, 0) is 44.2 Å². The lowest BCUT2D eigenvalue weighted by atomic mass is 10.1. The number of benzene rings is 1. The minimum atomic E-state index is -0.0349. The maximum Gasteiger partial charge on any atom is 0.253 e. The van der Waals surface area contributed by atoms with Gasteiger partial charge in [-0.25, -0.2) is 0 Å². The molecule has 2 rings (SSSR count). The van der Waals surface area contributed by atoms with E-state index < -0.39 is 0 Å². The first-order chi connectivity index (χ1) is 10.2. The van der Waals surface area contributed by atoms with Crippen LogP contribution >= 0.6 is 0 Å². The van der Waals surface area contributed by atoms with Crippen molar-refractivity contribution in [1.29, 1.82) is 0 Å². The molecule has 1 aliphatic rings. The Hall–Kier alpha value is -1.55. The van der Waals surface area contributed by atoms with Crippen molar-refractivity contribution in [3.8, 4) is 0 Å². The molecule has 0 heterocycles. The van der Waals surface area contributed by atoms with Crippen molar-refractivity contribution in [2.45, 2.75) is 33.1 Å². The molecule has 21 heavy (non-hydrogen) atoms. The van der Waals surface area contributed by atoms with Crippen LogP contribution in [0.5, 0.6) is 0 Å². The van der Waals surface area contributed by atoms with Gasteiger partial charge in [0.05, 0.1) is 12.2 Å². The van der Waals surface area contributed by atoms with Crippen molar-refractivity contribution < 1.29 is 9.53 Å². The lowest BCUT2D eigenvalue weighted by molar-refractivity contribution is 0.0907. The van der Waals surface area contributed by atoms with Crippen LogP contribution in [0.1, 0.15) is 42.1 Å². The summed E-state index contributed by atoms with van der Waals surface area (Å²) in [7, 11) is 0. The van der Waals surface area contributed by atoms with Crippen LogP contribution in [0.3, 0.4) is 0 Å². The number of rotatable bonds is 9.